The van der Waals surface area contributed by atoms with Crippen LogP contribution in [-0.2, 0) is 11.2 Å². The van der Waals surface area contributed by atoms with Gasteiger partial charge in [0.15, 0.2) is 0 Å². The Morgan fingerprint density at radius 3 is 2.76 bits per heavy atom. The summed E-state index contributed by atoms with van der Waals surface area (Å²) in [5.41, 5.74) is 0.0426. The van der Waals surface area contributed by atoms with Crippen molar-refractivity contribution in [2.45, 2.75) is 38.6 Å². The summed E-state index contributed by atoms with van der Waals surface area (Å²) in [6, 6.07) is 1.78. The number of rotatable bonds is 3. The van der Waals surface area contributed by atoms with E-state index < -0.39 is 0 Å². The van der Waals surface area contributed by atoms with E-state index in [0.29, 0.717) is 5.15 Å². The van der Waals surface area contributed by atoms with E-state index in [9.17, 15) is 0 Å². The van der Waals surface area contributed by atoms with E-state index in [1.165, 1.54) is 0 Å². The highest BCUT2D eigenvalue weighted by atomic mass is 35.5. The molecule has 2 rings (SSSR count). The molecule has 0 aromatic carbocycles. The molecule has 4 nitrogen and oxygen atoms in total. The highest BCUT2D eigenvalue weighted by Gasteiger charge is 2.27. The van der Waals surface area contributed by atoms with Gasteiger partial charge in [-0.05, 0) is 19.8 Å². The van der Waals surface area contributed by atoms with Gasteiger partial charge >= 0.3 is 0 Å². The SMILES string of the molecule is CCc1nc(Cl)cc(NC2(C)CCOCC2)n1. The summed E-state index contributed by atoms with van der Waals surface area (Å²) >= 11 is 5.98. The first-order valence-electron chi connectivity index (χ1n) is 6.01. The van der Waals surface area contributed by atoms with Crippen LogP contribution in [0.2, 0.25) is 5.15 Å². The largest absolute Gasteiger partial charge is 0.381 e. The van der Waals surface area contributed by atoms with Crippen molar-refractivity contribution in [1.82, 2.24) is 9.97 Å². The molecule has 17 heavy (non-hydrogen) atoms. The first-order valence-corrected chi connectivity index (χ1v) is 6.38. The smallest absolute Gasteiger partial charge is 0.134 e. The zero-order chi connectivity index (χ0) is 12.3. The molecule has 0 spiro atoms. The topological polar surface area (TPSA) is 47.0 Å². The fourth-order valence-electron chi connectivity index (χ4n) is 1.94. The number of nitrogens with zero attached hydrogens (tertiary/aromatic N) is 2. The summed E-state index contributed by atoms with van der Waals surface area (Å²) in [6.45, 7) is 5.80. The van der Waals surface area contributed by atoms with E-state index in [1.54, 1.807) is 6.07 Å². The average Bonchev–Trinajstić information content (AvgIpc) is 2.28. The molecule has 1 aliphatic heterocycles. The maximum absolute atomic E-state index is 5.98. The van der Waals surface area contributed by atoms with Crippen LogP contribution in [0.25, 0.3) is 0 Å². The van der Waals surface area contributed by atoms with Crippen molar-refractivity contribution < 1.29 is 4.74 Å². The van der Waals surface area contributed by atoms with Crippen LogP contribution in [0, 0.1) is 0 Å². The van der Waals surface area contributed by atoms with Gasteiger partial charge < -0.3 is 10.1 Å². The quantitative estimate of drug-likeness (QED) is 0.844. The molecule has 0 bridgehead atoms. The zero-order valence-corrected chi connectivity index (χ0v) is 11.0. The molecule has 0 aliphatic carbocycles. The van der Waals surface area contributed by atoms with E-state index in [-0.39, 0.29) is 5.54 Å². The van der Waals surface area contributed by atoms with Crippen LogP contribution >= 0.6 is 11.6 Å². The minimum Gasteiger partial charge on any atom is -0.381 e. The summed E-state index contributed by atoms with van der Waals surface area (Å²) in [6.07, 6.45) is 2.75. The van der Waals surface area contributed by atoms with Gasteiger partial charge in [-0.3, -0.25) is 0 Å². The highest BCUT2D eigenvalue weighted by molar-refractivity contribution is 6.29. The molecule has 0 unspecified atom stereocenters. The zero-order valence-electron chi connectivity index (χ0n) is 10.3. The fourth-order valence-corrected chi connectivity index (χ4v) is 2.14. The summed E-state index contributed by atoms with van der Waals surface area (Å²) < 4.78 is 5.37. The molecule has 2 heterocycles. The Bertz CT molecular complexity index is 391. The summed E-state index contributed by atoms with van der Waals surface area (Å²) in [4.78, 5) is 8.60. The molecule has 5 heteroatoms. The van der Waals surface area contributed by atoms with Gasteiger partial charge in [0.05, 0.1) is 0 Å². The van der Waals surface area contributed by atoms with Crippen LogP contribution in [0.5, 0.6) is 0 Å². The van der Waals surface area contributed by atoms with Gasteiger partial charge in [-0.1, -0.05) is 18.5 Å². The summed E-state index contributed by atoms with van der Waals surface area (Å²) in [5, 5.41) is 3.95. The molecule has 0 radical (unpaired) electrons. The van der Waals surface area contributed by atoms with Gasteiger partial charge in [0.1, 0.15) is 16.8 Å². The molecule has 0 atom stereocenters. The Morgan fingerprint density at radius 1 is 1.41 bits per heavy atom. The van der Waals surface area contributed by atoms with E-state index in [1.807, 2.05) is 6.92 Å². The standard InChI is InChI=1S/C12H18ClN3O/c1-3-10-14-9(13)8-11(15-10)16-12(2)4-6-17-7-5-12/h8H,3-7H2,1-2H3,(H,14,15,16). The third-order valence-electron chi connectivity index (χ3n) is 3.08. The minimum atomic E-state index is 0.0426. The van der Waals surface area contributed by atoms with Crippen molar-refractivity contribution >= 4 is 17.4 Å². The fraction of sp³-hybridized carbons (Fsp3) is 0.667. The second-order valence-corrected chi connectivity index (χ2v) is 5.03. The lowest BCUT2D eigenvalue weighted by atomic mass is 9.92. The molecular weight excluding hydrogens is 238 g/mol. The van der Waals surface area contributed by atoms with Crippen molar-refractivity contribution in [1.29, 1.82) is 0 Å². The van der Waals surface area contributed by atoms with Crippen molar-refractivity contribution in [3.05, 3.63) is 17.0 Å². The number of anilines is 1. The third-order valence-corrected chi connectivity index (χ3v) is 3.28. The van der Waals surface area contributed by atoms with Crippen molar-refractivity contribution in [2.75, 3.05) is 18.5 Å². The van der Waals surface area contributed by atoms with E-state index >= 15 is 0 Å². The Labute approximate surface area is 107 Å². The van der Waals surface area contributed by atoms with Gasteiger partial charge in [-0.15, -0.1) is 0 Å². The molecule has 1 aromatic rings. The second kappa shape index (κ2) is 5.19. The van der Waals surface area contributed by atoms with E-state index in [2.05, 4.69) is 22.2 Å². The van der Waals surface area contributed by atoms with Gasteiger partial charge in [-0.2, -0.15) is 0 Å². The molecule has 0 amide bonds. The normalized spacial score (nSPS) is 19.0. The number of hydrogen-bond donors (Lipinski definition) is 1. The number of aryl methyl sites for hydroxylation is 1. The lowest BCUT2D eigenvalue weighted by Crippen LogP contribution is -2.40. The highest BCUT2D eigenvalue weighted by Crippen LogP contribution is 2.25. The first kappa shape index (κ1) is 12.6. The number of aromatic nitrogens is 2. The molecule has 1 fully saturated rings. The second-order valence-electron chi connectivity index (χ2n) is 4.64. The Hall–Kier alpha value is -0.870. The number of nitrogens with one attached hydrogen (secondary N) is 1. The van der Waals surface area contributed by atoms with Crippen molar-refractivity contribution in [2.24, 2.45) is 0 Å². The van der Waals surface area contributed by atoms with Crippen molar-refractivity contribution in [3.8, 4) is 0 Å². The van der Waals surface area contributed by atoms with E-state index in [4.69, 9.17) is 16.3 Å². The maximum Gasteiger partial charge on any atom is 0.134 e. The van der Waals surface area contributed by atoms with Crippen LogP contribution < -0.4 is 5.32 Å². The molecule has 94 valence electrons. The number of hydrogen-bond acceptors (Lipinski definition) is 4. The molecule has 1 aliphatic rings. The predicted octanol–water partition coefficient (Wildman–Crippen LogP) is 2.67. The summed E-state index contributed by atoms with van der Waals surface area (Å²) in [5.74, 6) is 1.59. The number of halogens is 1. The van der Waals surface area contributed by atoms with E-state index in [0.717, 1.165) is 44.1 Å². The van der Waals surface area contributed by atoms with Crippen LogP contribution in [0.3, 0.4) is 0 Å². The monoisotopic (exact) mass is 255 g/mol. The van der Waals surface area contributed by atoms with Gasteiger partial charge in [0, 0.05) is 31.2 Å². The Kier molecular flexibility index (Phi) is 3.84. The first-order chi connectivity index (χ1) is 8.11. The van der Waals surface area contributed by atoms with Crippen molar-refractivity contribution in [3.63, 3.8) is 0 Å². The van der Waals surface area contributed by atoms with Crippen LogP contribution in [0.15, 0.2) is 6.07 Å². The molecule has 1 aromatic heterocycles. The number of ether oxygens (including phenoxy) is 1. The Morgan fingerprint density at radius 2 is 2.12 bits per heavy atom. The lowest BCUT2D eigenvalue weighted by molar-refractivity contribution is 0.0657. The van der Waals surface area contributed by atoms with Gasteiger partial charge in [0.25, 0.3) is 0 Å². The lowest BCUT2D eigenvalue weighted by Gasteiger charge is -2.35. The third kappa shape index (κ3) is 3.30. The molecule has 1 saturated heterocycles. The molecular formula is C12H18ClN3O. The van der Waals surface area contributed by atoms with Crippen LogP contribution in [0.1, 0.15) is 32.5 Å². The Balaban J connectivity index is 2.14. The van der Waals surface area contributed by atoms with Gasteiger partial charge in [0.2, 0.25) is 0 Å². The summed E-state index contributed by atoms with van der Waals surface area (Å²) in [7, 11) is 0. The predicted molar refractivity (Wildman–Crippen MR) is 68.5 cm³/mol. The van der Waals surface area contributed by atoms with Gasteiger partial charge in [-0.25, -0.2) is 9.97 Å². The maximum atomic E-state index is 5.98. The minimum absolute atomic E-state index is 0.0426. The molecule has 1 N–H and O–H groups in total. The van der Waals surface area contributed by atoms with Crippen LogP contribution in [-0.4, -0.2) is 28.7 Å². The van der Waals surface area contributed by atoms with Crippen LogP contribution in [0.4, 0.5) is 5.82 Å². The molecule has 0 saturated carbocycles. The average molecular weight is 256 g/mol.